The highest BCUT2D eigenvalue weighted by molar-refractivity contribution is 5.76. The largest absolute Gasteiger partial charge is 0.469 e. The molecule has 1 rings (SSSR count). The molecular formula is C11H19NO3. The van der Waals surface area contributed by atoms with E-state index in [0.717, 1.165) is 25.7 Å². The molecular weight excluding hydrogens is 194 g/mol. The zero-order valence-electron chi connectivity index (χ0n) is 9.47. The SMILES string of the molecule is COC(=O)CC1(NC(C)=O)CCCCC1. The van der Waals surface area contributed by atoms with Crippen LogP contribution in [0.15, 0.2) is 0 Å². The van der Waals surface area contributed by atoms with Crippen LogP contribution in [0.3, 0.4) is 0 Å². The molecule has 86 valence electrons. The highest BCUT2D eigenvalue weighted by atomic mass is 16.5. The van der Waals surface area contributed by atoms with Gasteiger partial charge in [0.05, 0.1) is 19.1 Å². The van der Waals surface area contributed by atoms with Crippen molar-refractivity contribution in [1.29, 1.82) is 0 Å². The van der Waals surface area contributed by atoms with Crippen molar-refractivity contribution in [2.75, 3.05) is 7.11 Å². The minimum absolute atomic E-state index is 0.0687. The average Bonchev–Trinajstić information content (AvgIpc) is 2.17. The minimum atomic E-state index is -0.350. The Kier molecular flexibility index (Phi) is 4.12. The van der Waals surface area contributed by atoms with Crippen LogP contribution in [0.4, 0.5) is 0 Å². The first-order valence-corrected chi connectivity index (χ1v) is 5.43. The minimum Gasteiger partial charge on any atom is -0.469 e. The van der Waals surface area contributed by atoms with E-state index in [9.17, 15) is 9.59 Å². The summed E-state index contributed by atoms with van der Waals surface area (Å²) in [7, 11) is 1.38. The summed E-state index contributed by atoms with van der Waals surface area (Å²) in [5.41, 5.74) is -0.350. The Morgan fingerprint density at radius 1 is 1.27 bits per heavy atom. The second kappa shape index (κ2) is 5.14. The van der Waals surface area contributed by atoms with Gasteiger partial charge in [-0.1, -0.05) is 19.3 Å². The summed E-state index contributed by atoms with van der Waals surface area (Å²) in [5.74, 6) is -0.313. The van der Waals surface area contributed by atoms with Crippen LogP contribution in [-0.4, -0.2) is 24.5 Å². The predicted molar refractivity (Wildman–Crippen MR) is 56.3 cm³/mol. The number of methoxy groups -OCH3 is 1. The first kappa shape index (κ1) is 12.0. The van der Waals surface area contributed by atoms with Crippen LogP contribution >= 0.6 is 0 Å². The lowest BCUT2D eigenvalue weighted by atomic mass is 9.79. The van der Waals surface area contributed by atoms with Crippen molar-refractivity contribution in [1.82, 2.24) is 5.32 Å². The molecule has 0 aliphatic heterocycles. The zero-order valence-corrected chi connectivity index (χ0v) is 9.47. The summed E-state index contributed by atoms with van der Waals surface area (Å²) < 4.78 is 4.67. The van der Waals surface area contributed by atoms with Gasteiger partial charge < -0.3 is 10.1 Å². The van der Waals surface area contributed by atoms with Crippen molar-refractivity contribution in [2.45, 2.75) is 51.0 Å². The van der Waals surface area contributed by atoms with Crippen LogP contribution in [0.1, 0.15) is 45.4 Å². The standard InChI is InChI=1S/C11H19NO3/c1-9(13)12-11(8-10(14)15-2)6-4-3-5-7-11/h3-8H2,1-2H3,(H,12,13). The number of carbonyl (C=O) groups excluding carboxylic acids is 2. The summed E-state index contributed by atoms with van der Waals surface area (Å²) in [4.78, 5) is 22.4. The van der Waals surface area contributed by atoms with Crippen molar-refractivity contribution in [2.24, 2.45) is 0 Å². The lowest BCUT2D eigenvalue weighted by Crippen LogP contribution is -2.50. The van der Waals surface area contributed by atoms with E-state index in [1.807, 2.05) is 0 Å². The molecule has 1 amide bonds. The van der Waals surface area contributed by atoms with E-state index in [2.05, 4.69) is 10.1 Å². The van der Waals surface area contributed by atoms with Crippen molar-refractivity contribution in [3.63, 3.8) is 0 Å². The summed E-state index contributed by atoms with van der Waals surface area (Å²) in [5, 5.41) is 2.92. The van der Waals surface area contributed by atoms with Crippen molar-refractivity contribution >= 4 is 11.9 Å². The second-order valence-electron chi connectivity index (χ2n) is 4.28. The maximum atomic E-state index is 11.3. The second-order valence-corrected chi connectivity index (χ2v) is 4.28. The van der Waals surface area contributed by atoms with Crippen LogP contribution in [0.25, 0.3) is 0 Å². The van der Waals surface area contributed by atoms with E-state index in [4.69, 9.17) is 0 Å². The third-order valence-corrected chi connectivity index (χ3v) is 2.96. The molecule has 1 fully saturated rings. The first-order valence-electron chi connectivity index (χ1n) is 5.43. The van der Waals surface area contributed by atoms with Crippen LogP contribution in [0, 0.1) is 0 Å². The molecule has 1 N–H and O–H groups in total. The fraction of sp³-hybridized carbons (Fsp3) is 0.818. The number of esters is 1. The molecule has 15 heavy (non-hydrogen) atoms. The molecule has 0 spiro atoms. The summed E-state index contributed by atoms with van der Waals surface area (Å²) in [6.45, 7) is 1.49. The van der Waals surface area contributed by atoms with Gasteiger partial charge >= 0.3 is 5.97 Å². The van der Waals surface area contributed by atoms with Gasteiger partial charge in [0.25, 0.3) is 0 Å². The maximum absolute atomic E-state index is 11.3. The lowest BCUT2D eigenvalue weighted by molar-refractivity contribution is -0.143. The summed E-state index contributed by atoms with van der Waals surface area (Å²) in [6, 6.07) is 0. The van der Waals surface area contributed by atoms with E-state index in [1.165, 1.54) is 20.5 Å². The molecule has 1 aliphatic carbocycles. The summed E-state index contributed by atoms with van der Waals surface area (Å²) >= 11 is 0. The van der Waals surface area contributed by atoms with Gasteiger partial charge in [0.15, 0.2) is 0 Å². The highest BCUT2D eigenvalue weighted by Crippen LogP contribution is 2.31. The molecule has 1 aliphatic rings. The molecule has 4 heteroatoms. The van der Waals surface area contributed by atoms with Crippen molar-refractivity contribution in [3.05, 3.63) is 0 Å². The van der Waals surface area contributed by atoms with Gasteiger partial charge in [0, 0.05) is 6.92 Å². The lowest BCUT2D eigenvalue weighted by Gasteiger charge is -2.36. The molecule has 0 aromatic rings. The van der Waals surface area contributed by atoms with Crippen LogP contribution in [0.2, 0.25) is 0 Å². The van der Waals surface area contributed by atoms with E-state index in [1.54, 1.807) is 0 Å². The Morgan fingerprint density at radius 3 is 2.33 bits per heavy atom. The molecule has 0 unspecified atom stereocenters. The fourth-order valence-electron chi connectivity index (χ4n) is 2.30. The molecule has 1 saturated carbocycles. The number of hydrogen-bond donors (Lipinski definition) is 1. The Bertz CT molecular complexity index is 244. The molecule has 0 heterocycles. The Morgan fingerprint density at radius 2 is 1.87 bits per heavy atom. The fourth-order valence-corrected chi connectivity index (χ4v) is 2.30. The van der Waals surface area contributed by atoms with Gasteiger partial charge in [0.1, 0.15) is 0 Å². The molecule has 0 aromatic heterocycles. The van der Waals surface area contributed by atoms with E-state index in [0.29, 0.717) is 6.42 Å². The molecule has 4 nitrogen and oxygen atoms in total. The number of nitrogens with one attached hydrogen (secondary N) is 1. The van der Waals surface area contributed by atoms with E-state index in [-0.39, 0.29) is 17.4 Å². The van der Waals surface area contributed by atoms with Gasteiger partial charge in [-0.3, -0.25) is 9.59 Å². The predicted octanol–water partition coefficient (Wildman–Crippen LogP) is 1.39. The molecule has 0 atom stereocenters. The monoisotopic (exact) mass is 213 g/mol. The molecule has 0 saturated heterocycles. The number of rotatable bonds is 3. The van der Waals surface area contributed by atoms with Gasteiger partial charge in [-0.15, -0.1) is 0 Å². The normalized spacial score (nSPS) is 19.3. The number of ether oxygens (including phenoxy) is 1. The quantitative estimate of drug-likeness (QED) is 0.721. The molecule has 0 bridgehead atoms. The topological polar surface area (TPSA) is 55.4 Å². The third-order valence-electron chi connectivity index (χ3n) is 2.96. The Balaban J connectivity index is 2.65. The molecule has 0 radical (unpaired) electrons. The highest BCUT2D eigenvalue weighted by Gasteiger charge is 2.35. The van der Waals surface area contributed by atoms with Crippen LogP contribution in [-0.2, 0) is 14.3 Å². The average molecular weight is 213 g/mol. The van der Waals surface area contributed by atoms with Gasteiger partial charge in [-0.25, -0.2) is 0 Å². The number of amides is 1. The van der Waals surface area contributed by atoms with Gasteiger partial charge in [-0.2, -0.15) is 0 Å². The van der Waals surface area contributed by atoms with Crippen molar-refractivity contribution < 1.29 is 14.3 Å². The maximum Gasteiger partial charge on any atom is 0.307 e. The first-order chi connectivity index (χ1) is 7.08. The van der Waals surface area contributed by atoms with Gasteiger partial charge in [0.2, 0.25) is 5.91 Å². The van der Waals surface area contributed by atoms with Crippen LogP contribution in [0.5, 0.6) is 0 Å². The number of hydrogen-bond acceptors (Lipinski definition) is 3. The third kappa shape index (κ3) is 3.53. The summed E-state index contributed by atoms with van der Waals surface area (Å²) in [6.07, 6.45) is 5.36. The van der Waals surface area contributed by atoms with E-state index < -0.39 is 0 Å². The van der Waals surface area contributed by atoms with Crippen LogP contribution < -0.4 is 5.32 Å². The van der Waals surface area contributed by atoms with E-state index >= 15 is 0 Å². The smallest absolute Gasteiger partial charge is 0.307 e. The van der Waals surface area contributed by atoms with Crippen molar-refractivity contribution in [3.8, 4) is 0 Å². The Labute approximate surface area is 90.4 Å². The number of carbonyl (C=O) groups is 2. The van der Waals surface area contributed by atoms with Gasteiger partial charge in [-0.05, 0) is 12.8 Å². The Hall–Kier alpha value is -1.06. The zero-order chi connectivity index (χ0) is 11.3. The molecule has 0 aromatic carbocycles.